The average molecular weight is 220 g/mol. The predicted molar refractivity (Wildman–Crippen MR) is 58.9 cm³/mol. The zero-order chi connectivity index (χ0) is 11.3. The van der Waals surface area contributed by atoms with E-state index in [2.05, 4.69) is 19.9 Å². The molecule has 0 aromatic carbocycles. The van der Waals surface area contributed by atoms with Crippen LogP contribution in [0.3, 0.4) is 0 Å². The van der Waals surface area contributed by atoms with Gasteiger partial charge >= 0.3 is 0 Å². The van der Waals surface area contributed by atoms with E-state index in [9.17, 15) is 4.79 Å². The first-order chi connectivity index (χ1) is 7.64. The Morgan fingerprint density at radius 1 is 1.31 bits per heavy atom. The third-order valence-corrected chi connectivity index (χ3v) is 3.13. The van der Waals surface area contributed by atoms with Crippen molar-refractivity contribution >= 4 is 17.1 Å². The summed E-state index contributed by atoms with van der Waals surface area (Å²) in [5.41, 5.74) is 11.5. The third-order valence-electron chi connectivity index (χ3n) is 3.13. The van der Waals surface area contributed by atoms with Gasteiger partial charge in [0.25, 0.3) is 5.56 Å². The SMILES string of the molecule is NCC1(c2nc3nc(N)[nH]c(=O)c3[nH]2)CC1. The quantitative estimate of drug-likeness (QED) is 0.528. The molecule has 0 atom stereocenters. The molecule has 2 heterocycles. The van der Waals surface area contributed by atoms with Crippen LogP contribution in [0.15, 0.2) is 4.79 Å². The van der Waals surface area contributed by atoms with Gasteiger partial charge in [0.1, 0.15) is 5.82 Å². The monoisotopic (exact) mass is 220 g/mol. The van der Waals surface area contributed by atoms with Gasteiger partial charge in [-0.15, -0.1) is 0 Å². The fraction of sp³-hybridized carbons (Fsp3) is 0.444. The normalized spacial score (nSPS) is 17.8. The zero-order valence-electron chi connectivity index (χ0n) is 8.58. The lowest BCUT2D eigenvalue weighted by molar-refractivity contribution is 0.661. The van der Waals surface area contributed by atoms with Gasteiger partial charge < -0.3 is 16.5 Å². The van der Waals surface area contributed by atoms with Gasteiger partial charge in [-0.3, -0.25) is 9.78 Å². The highest BCUT2D eigenvalue weighted by molar-refractivity contribution is 5.70. The van der Waals surface area contributed by atoms with Crippen molar-refractivity contribution in [3.8, 4) is 0 Å². The molecule has 0 radical (unpaired) electrons. The molecule has 0 saturated heterocycles. The summed E-state index contributed by atoms with van der Waals surface area (Å²) in [6, 6.07) is 0. The zero-order valence-corrected chi connectivity index (χ0v) is 8.58. The standard InChI is InChI=1S/C9H12N6O/c10-3-9(1-2-9)7-12-4-5(13-7)14-8(11)15-6(4)16/h1-3,10H2,(H4,11,12,13,14,15,16). The summed E-state index contributed by atoms with van der Waals surface area (Å²) >= 11 is 0. The van der Waals surface area contributed by atoms with Gasteiger partial charge in [-0.25, -0.2) is 4.98 Å². The summed E-state index contributed by atoms with van der Waals surface area (Å²) in [6.07, 6.45) is 1.99. The van der Waals surface area contributed by atoms with Gasteiger partial charge in [-0.2, -0.15) is 4.98 Å². The molecule has 0 unspecified atom stereocenters. The maximum absolute atomic E-state index is 11.6. The average Bonchev–Trinajstić information content (AvgIpc) is 2.93. The highest BCUT2D eigenvalue weighted by Gasteiger charge is 2.46. The summed E-state index contributed by atoms with van der Waals surface area (Å²) in [4.78, 5) is 25.3. The molecule has 2 aromatic heterocycles. The molecule has 3 rings (SSSR count). The van der Waals surface area contributed by atoms with Crippen molar-refractivity contribution in [1.82, 2.24) is 19.9 Å². The van der Waals surface area contributed by atoms with E-state index in [1.54, 1.807) is 0 Å². The molecular weight excluding hydrogens is 208 g/mol. The van der Waals surface area contributed by atoms with Crippen LogP contribution in [0, 0.1) is 0 Å². The number of H-pyrrole nitrogens is 2. The highest BCUT2D eigenvalue weighted by Crippen LogP contribution is 2.45. The van der Waals surface area contributed by atoms with Gasteiger partial charge in [-0.1, -0.05) is 0 Å². The topological polar surface area (TPSA) is 126 Å². The van der Waals surface area contributed by atoms with Crippen LogP contribution in [0.2, 0.25) is 0 Å². The van der Waals surface area contributed by atoms with Crippen molar-refractivity contribution in [3.63, 3.8) is 0 Å². The van der Waals surface area contributed by atoms with E-state index in [4.69, 9.17) is 11.5 Å². The van der Waals surface area contributed by atoms with Crippen LogP contribution in [-0.4, -0.2) is 26.5 Å². The number of aromatic amines is 2. The van der Waals surface area contributed by atoms with Gasteiger partial charge in [0.2, 0.25) is 5.95 Å². The number of nitrogens with zero attached hydrogens (tertiary/aromatic N) is 2. The Hall–Kier alpha value is -1.89. The number of nitrogens with two attached hydrogens (primary N) is 2. The maximum atomic E-state index is 11.6. The number of nitrogen functional groups attached to an aromatic ring is 1. The summed E-state index contributed by atoms with van der Waals surface area (Å²) in [5.74, 6) is 0.821. The van der Waals surface area contributed by atoms with Gasteiger partial charge in [0, 0.05) is 12.0 Å². The number of hydrogen-bond donors (Lipinski definition) is 4. The molecule has 1 aliphatic rings. The Morgan fingerprint density at radius 2 is 2.06 bits per heavy atom. The first-order valence-corrected chi connectivity index (χ1v) is 5.11. The third kappa shape index (κ3) is 1.15. The van der Waals surface area contributed by atoms with Crippen molar-refractivity contribution in [2.75, 3.05) is 12.3 Å². The van der Waals surface area contributed by atoms with Crippen LogP contribution in [0.1, 0.15) is 18.7 Å². The van der Waals surface area contributed by atoms with Crippen LogP contribution in [0.5, 0.6) is 0 Å². The molecule has 0 spiro atoms. The number of aromatic nitrogens is 4. The minimum absolute atomic E-state index is 0.0770. The van der Waals surface area contributed by atoms with E-state index in [0.717, 1.165) is 18.7 Å². The van der Waals surface area contributed by atoms with Crippen molar-refractivity contribution < 1.29 is 0 Å². The lowest BCUT2D eigenvalue weighted by atomic mass is 10.1. The molecule has 7 heteroatoms. The Labute approximate surface area is 90.3 Å². The molecule has 0 bridgehead atoms. The van der Waals surface area contributed by atoms with Crippen LogP contribution >= 0.6 is 0 Å². The first-order valence-electron chi connectivity index (χ1n) is 5.11. The van der Waals surface area contributed by atoms with Crippen LogP contribution in [0.25, 0.3) is 11.2 Å². The van der Waals surface area contributed by atoms with E-state index in [1.165, 1.54) is 0 Å². The van der Waals surface area contributed by atoms with E-state index >= 15 is 0 Å². The summed E-state index contributed by atoms with van der Waals surface area (Å²) in [5, 5.41) is 0. The number of anilines is 1. The smallest absolute Gasteiger partial charge is 0.278 e. The molecule has 0 aliphatic heterocycles. The van der Waals surface area contributed by atoms with E-state index in [1.807, 2.05) is 0 Å². The van der Waals surface area contributed by atoms with E-state index in [0.29, 0.717) is 17.7 Å². The number of hydrogen-bond acceptors (Lipinski definition) is 5. The molecule has 84 valence electrons. The minimum atomic E-state index is -0.297. The summed E-state index contributed by atoms with van der Waals surface area (Å²) in [6.45, 7) is 0.528. The number of rotatable bonds is 2. The van der Waals surface area contributed by atoms with Crippen molar-refractivity contribution in [2.45, 2.75) is 18.3 Å². The van der Waals surface area contributed by atoms with E-state index < -0.39 is 0 Å². The molecule has 6 N–H and O–H groups in total. The Bertz CT molecular complexity index is 608. The second-order valence-electron chi connectivity index (χ2n) is 4.22. The fourth-order valence-corrected chi connectivity index (χ4v) is 1.86. The van der Waals surface area contributed by atoms with Gasteiger partial charge in [0.05, 0.1) is 0 Å². The Kier molecular flexibility index (Phi) is 1.65. The fourth-order valence-electron chi connectivity index (χ4n) is 1.86. The second kappa shape index (κ2) is 2.82. The van der Waals surface area contributed by atoms with Gasteiger partial charge in [-0.05, 0) is 12.8 Å². The van der Waals surface area contributed by atoms with Crippen LogP contribution < -0.4 is 17.0 Å². The molecule has 16 heavy (non-hydrogen) atoms. The number of nitrogens with one attached hydrogen (secondary N) is 2. The van der Waals surface area contributed by atoms with E-state index in [-0.39, 0.29) is 16.9 Å². The van der Waals surface area contributed by atoms with Crippen LogP contribution in [-0.2, 0) is 5.41 Å². The molecule has 0 amide bonds. The maximum Gasteiger partial charge on any atom is 0.278 e. The van der Waals surface area contributed by atoms with Crippen molar-refractivity contribution in [2.24, 2.45) is 5.73 Å². The van der Waals surface area contributed by atoms with Crippen molar-refractivity contribution in [3.05, 3.63) is 16.2 Å². The Morgan fingerprint density at radius 3 is 2.69 bits per heavy atom. The van der Waals surface area contributed by atoms with Gasteiger partial charge in [0.15, 0.2) is 11.2 Å². The summed E-state index contributed by atoms with van der Waals surface area (Å²) < 4.78 is 0. The number of fused-ring (bicyclic) bond motifs is 1. The minimum Gasteiger partial charge on any atom is -0.369 e. The second-order valence-corrected chi connectivity index (χ2v) is 4.22. The number of imidazole rings is 1. The molecule has 1 fully saturated rings. The largest absolute Gasteiger partial charge is 0.369 e. The molecule has 1 aliphatic carbocycles. The lowest BCUT2D eigenvalue weighted by Gasteiger charge is -2.06. The predicted octanol–water partition coefficient (Wildman–Crippen LogP) is -0.781. The Balaban J connectivity index is 2.24. The molecule has 1 saturated carbocycles. The summed E-state index contributed by atoms with van der Waals surface area (Å²) in [7, 11) is 0. The van der Waals surface area contributed by atoms with Crippen molar-refractivity contribution in [1.29, 1.82) is 0 Å². The first kappa shape index (κ1) is 9.34. The highest BCUT2D eigenvalue weighted by atomic mass is 16.1. The lowest BCUT2D eigenvalue weighted by Crippen LogP contribution is -2.21. The molecular formula is C9H12N6O. The van der Waals surface area contributed by atoms with Crippen LogP contribution in [0.4, 0.5) is 5.95 Å². The molecule has 7 nitrogen and oxygen atoms in total. The molecule has 2 aromatic rings.